The van der Waals surface area contributed by atoms with E-state index < -0.39 is 0 Å². The zero-order valence-electron chi connectivity index (χ0n) is 12.9. The highest BCUT2D eigenvalue weighted by molar-refractivity contribution is 5.75. The van der Waals surface area contributed by atoms with E-state index in [4.69, 9.17) is 0 Å². The number of likely N-dealkylation sites (N-methyl/N-ethyl adjacent to an activating group) is 1. The van der Waals surface area contributed by atoms with E-state index in [2.05, 4.69) is 27.5 Å². The average molecular weight is 282 g/mol. The monoisotopic (exact) mass is 282 g/mol. The molecule has 0 radical (unpaired) electrons. The molecule has 2 heterocycles. The fourth-order valence-corrected chi connectivity index (χ4v) is 3.02. The first-order valence-corrected chi connectivity index (χ1v) is 8.12. The number of amides is 1. The molecule has 2 rings (SSSR count). The van der Waals surface area contributed by atoms with Gasteiger partial charge < -0.3 is 15.5 Å². The molecule has 116 valence electrons. The van der Waals surface area contributed by atoms with Gasteiger partial charge in [0.2, 0.25) is 5.91 Å². The summed E-state index contributed by atoms with van der Waals surface area (Å²) in [5.41, 5.74) is 0. The van der Waals surface area contributed by atoms with E-state index >= 15 is 0 Å². The van der Waals surface area contributed by atoms with E-state index in [0.717, 1.165) is 64.7 Å². The Morgan fingerprint density at radius 2 is 1.90 bits per heavy atom. The highest BCUT2D eigenvalue weighted by atomic mass is 16.1. The van der Waals surface area contributed by atoms with Crippen molar-refractivity contribution in [1.29, 1.82) is 0 Å². The van der Waals surface area contributed by atoms with E-state index in [1.807, 2.05) is 0 Å². The zero-order valence-corrected chi connectivity index (χ0v) is 12.9. The van der Waals surface area contributed by atoms with Gasteiger partial charge in [-0.05, 0) is 45.3 Å². The van der Waals surface area contributed by atoms with Crippen molar-refractivity contribution >= 4 is 5.91 Å². The van der Waals surface area contributed by atoms with Crippen molar-refractivity contribution in [3.05, 3.63) is 0 Å². The van der Waals surface area contributed by atoms with Gasteiger partial charge in [0.15, 0.2) is 0 Å². The van der Waals surface area contributed by atoms with Crippen molar-refractivity contribution < 1.29 is 4.79 Å². The lowest BCUT2D eigenvalue weighted by atomic mass is 9.93. The third-order valence-corrected chi connectivity index (χ3v) is 4.58. The quantitative estimate of drug-likeness (QED) is 0.727. The Morgan fingerprint density at radius 1 is 1.20 bits per heavy atom. The van der Waals surface area contributed by atoms with Gasteiger partial charge in [0.05, 0.1) is 0 Å². The van der Waals surface area contributed by atoms with Gasteiger partial charge in [-0.2, -0.15) is 0 Å². The summed E-state index contributed by atoms with van der Waals surface area (Å²) >= 11 is 0. The number of piperazine rings is 1. The van der Waals surface area contributed by atoms with Crippen LogP contribution in [-0.4, -0.2) is 75.1 Å². The highest BCUT2D eigenvalue weighted by Crippen LogP contribution is 2.17. The van der Waals surface area contributed by atoms with Crippen molar-refractivity contribution in [2.75, 3.05) is 59.4 Å². The number of hydrogen-bond donors (Lipinski definition) is 2. The first kappa shape index (κ1) is 15.7. The number of nitrogens with one attached hydrogen (secondary N) is 2. The van der Waals surface area contributed by atoms with Crippen molar-refractivity contribution in [1.82, 2.24) is 20.4 Å². The largest absolute Gasteiger partial charge is 0.355 e. The lowest BCUT2D eigenvalue weighted by Gasteiger charge is -2.32. The van der Waals surface area contributed by atoms with E-state index in [1.165, 1.54) is 12.8 Å². The van der Waals surface area contributed by atoms with Crippen LogP contribution in [0.3, 0.4) is 0 Å². The summed E-state index contributed by atoms with van der Waals surface area (Å²) in [6, 6.07) is 0. The molecule has 5 heteroatoms. The van der Waals surface area contributed by atoms with Gasteiger partial charge in [-0.15, -0.1) is 0 Å². The summed E-state index contributed by atoms with van der Waals surface area (Å²) in [7, 11) is 2.17. The molecule has 2 aliphatic rings. The van der Waals surface area contributed by atoms with Crippen LogP contribution >= 0.6 is 0 Å². The maximum atomic E-state index is 11.8. The molecule has 1 amide bonds. The van der Waals surface area contributed by atoms with Crippen LogP contribution in [0.4, 0.5) is 0 Å². The van der Waals surface area contributed by atoms with Gasteiger partial charge in [0.25, 0.3) is 0 Å². The lowest BCUT2D eigenvalue weighted by molar-refractivity contribution is -0.121. The van der Waals surface area contributed by atoms with Crippen LogP contribution in [0.2, 0.25) is 0 Å². The Hall–Kier alpha value is -0.650. The second-order valence-electron chi connectivity index (χ2n) is 6.23. The van der Waals surface area contributed by atoms with Crippen molar-refractivity contribution in [3.63, 3.8) is 0 Å². The zero-order chi connectivity index (χ0) is 14.2. The molecular formula is C15H30N4O. The molecule has 2 saturated heterocycles. The van der Waals surface area contributed by atoms with Crippen LogP contribution < -0.4 is 10.6 Å². The van der Waals surface area contributed by atoms with Crippen molar-refractivity contribution in [3.8, 4) is 0 Å². The van der Waals surface area contributed by atoms with Crippen LogP contribution in [0.25, 0.3) is 0 Å². The smallest absolute Gasteiger partial charge is 0.220 e. The van der Waals surface area contributed by atoms with Crippen LogP contribution in [-0.2, 0) is 4.79 Å². The molecule has 0 spiro atoms. The predicted octanol–water partition coefficient (Wildman–Crippen LogP) is 0.130. The number of carbonyl (C=O) groups is 1. The Bertz CT molecular complexity index is 284. The van der Waals surface area contributed by atoms with Crippen LogP contribution in [0, 0.1) is 5.92 Å². The Balaban J connectivity index is 1.49. The van der Waals surface area contributed by atoms with Gasteiger partial charge in [0.1, 0.15) is 0 Å². The summed E-state index contributed by atoms with van der Waals surface area (Å²) < 4.78 is 0. The van der Waals surface area contributed by atoms with Crippen LogP contribution in [0.15, 0.2) is 0 Å². The van der Waals surface area contributed by atoms with Gasteiger partial charge in [-0.25, -0.2) is 0 Å². The normalized spacial score (nSPS) is 22.9. The molecule has 0 aromatic heterocycles. The summed E-state index contributed by atoms with van der Waals surface area (Å²) in [5.74, 6) is 0.984. The standard InChI is InChI=1S/C15H30N4O/c1-18-10-12-19(13-11-18)9-8-17-15(20)3-2-14-4-6-16-7-5-14/h14,16H,2-13H2,1H3,(H,17,20). The third kappa shape index (κ3) is 5.77. The van der Waals surface area contributed by atoms with E-state index in [-0.39, 0.29) is 5.91 Å². The topological polar surface area (TPSA) is 47.6 Å². The molecule has 20 heavy (non-hydrogen) atoms. The number of rotatable bonds is 6. The maximum Gasteiger partial charge on any atom is 0.220 e. The minimum atomic E-state index is 0.234. The number of hydrogen-bond acceptors (Lipinski definition) is 4. The number of piperidine rings is 1. The lowest BCUT2D eigenvalue weighted by Crippen LogP contribution is -2.46. The Kier molecular flexibility index (Phi) is 6.76. The van der Waals surface area contributed by atoms with Gasteiger partial charge in [0, 0.05) is 45.7 Å². The summed E-state index contributed by atoms with van der Waals surface area (Å²) in [6.45, 7) is 8.57. The number of carbonyl (C=O) groups excluding carboxylic acids is 1. The van der Waals surface area contributed by atoms with Gasteiger partial charge in [-0.3, -0.25) is 9.69 Å². The third-order valence-electron chi connectivity index (χ3n) is 4.58. The minimum absolute atomic E-state index is 0.234. The fourth-order valence-electron chi connectivity index (χ4n) is 3.02. The first-order valence-electron chi connectivity index (χ1n) is 8.12. The molecule has 0 aliphatic carbocycles. The van der Waals surface area contributed by atoms with E-state index in [9.17, 15) is 4.79 Å². The van der Waals surface area contributed by atoms with Crippen LogP contribution in [0.5, 0.6) is 0 Å². The summed E-state index contributed by atoms with van der Waals surface area (Å²) in [6.07, 6.45) is 4.22. The molecule has 0 aromatic rings. The molecule has 2 fully saturated rings. The molecule has 0 bridgehead atoms. The maximum absolute atomic E-state index is 11.8. The average Bonchev–Trinajstić information content (AvgIpc) is 2.48. The predicted molar refractivity (Wildman–Crippen MR) is 81.8 cm³/mol. The Labute approximate surface area is 123 Å². The van der Waals surface area contributed by atoms with Crippen LogP contribution in [0.1, 0.15) is 25.7 Å². The molecule has 0 unspecified atom stereocenters. The minimum Gasteiger partial charge on any atom is -0.355 e. The molecule has 0 atom stereocenters. The van der Waals surface area contributed by atoms with E-state index in [1.54, 1.807) is 0 Å². The SMILES string of the molecule is CN1CCN(CCNC(=O)CCC2CCNCC2)CC1. The molecular weight excluding hydrogens is 252 g/mol. The second kappa shape index (κ2) is 8.60. The van der Waals surface area contributed by atoms with Gasteiger partial charge in [-0.1, -0.05) is 0 Å². The van der Waals surface area contributed by atoms with Gasteiger partial charge >= 0.3 is 0 Å². The highest BCUT2D eigenvalue weighted by Gasteiger charge is 2.15. The van der Waals surface area contributed by atoms with E-state index in [0.29, 0.717) is 6.42 Å². The molecule has 5 nitrogen and oxygen atoms in total. The molecule has 2 N–H and O–H groups in total. The molecule has 0 aromatic carbocycles. The van der Waals surface area contributed by atoms with Crippen molar-refractivity contribution in [2.45, 2.75) is 25.7 Å². The second-order valence-corrected chi connectivity index (χ2v) is 6.23. The van der Waals surface area contributed by atoms with Crippen molar-refractivity contribution in [2.24, 2.45) is 5.92 Å². The summed E-state index contributed by atoms with van der Waals surface area (Å²) in [4.78, 5) is 16.6. The molecule has 2 aliphatic heterocycles. The molecule has 0 saturated carbocycles. The Morgan fingerprint density at radius 3 is 2.60 bits per heavy atom. The number of nitrogens with zero attached hydrogens (tertiary/aromatic N) is 2. The fraction of sp³-hybridized carbons (Fsp3) is 0.933. The first-order chi connectivity index (χ1) is 9.74. The summed E-state index contributed by atoms with van der Waals surface area (Å²) in [5, 5.41) is 6.44.